The third kappa shape index (κ3) is 3.32. The molecule has 6 rings (SSSR count). The van der Waals surface area contributed by atoms with Gasteiger partial charge in [-0.25, -0.2) is 0 Å². The highest BCUT2D eigenvalue weighted by Crippen LogP contribution is 2.50. The van der Waals surface area contributed by atoms with E-state index in [0.717, 1.165) is 18.6 Å². The van der Waals surface area contributed by atoms with Crippen LogP contribution in [0.5, 0.6) is 5.75 Å². The number of ether oxygens (including phenoxy) is 1. The second-order valence-corrected chi connectivity index (χ2v) is 8.31. The molecule has 1 saturated heterocycles. The van der Waals surface area contributed by atoms with Gasteiger partial charge in [0, 0.05) is 11.3 Å². The summed E-state index contributed by atoms with van der Waals surface area (Å²) in [6.07, 6.45) is 6.16. The molecule has 31 heavy (non-hydrogen) atoms. The van der Waals surface area contributed by atoms with Gasteiger partial charge in [0.05, 0.1) is 24.1 Å². The molecule has 2 bridgehead atoms. The monoisotopic (exact) mass is 416 g/mol. The van der Waals surface area contributed by atoms with Crippen molar-refractivity contribution in [2.45, 2.75) is 19.8 Å². The zero-order valence-corrected chi connectivity index (χ0v) is 17.3. The van der Waals surface area contributed by atoms with Crippen LogP contribution in [0.4, 0.5) is 11.4 Å². The first kappa shape index (κ1) is 19.5. The van der Waals surface area contributed by atoms with Crippen LogP contribution in [0.3, 0.4) is 0 Å². The number of hydrogen-bond donors (Lipinski definition) is 1. The van der Waals surface area contributed by atoms with Gasteiger partial charge in [-0.2, -0.15) is 0 Å². The molecule has 4 unspecified atom stereocenters. The maximum absolute atomic E-state index is 13.1. The van der Waals surface area contributed by atoms with Gasteiger partial charge in [0.1, 0.15) is 5.75 Å². The number of allylic oxidation sites excluding steroid dienone is 2. The third-order valence-corrected chi connectivity index (χ3v) is 6.57. The maximum Gasteiger partial charge on any atom is 0.255 e. The molecule has 2 fully saturated rings. The van der Waals surface area contributed by atoms with E-state index in [1.807, 2.05) is 6.92 Å². The summed E-state index contributed by atoms with van der Waals surface area (Å²) < 4.78 is 5.41. The number of carbonyl (C=O) groups is 3. The number of amides is 3. The molecular formula is C25H24N2O4. The molecule has 4 atom stereocenters. The van der Waals surface area contributed by atoms with E-state index in [-0.39, 0.29) is 41.4 Å². The van der Waals surface area contributed by atoms with E-state index >= 15 is 0 Å². The molecule has 2 aromatic rings. The lowest BCUT2D eigenvalue weighted by molar-refractivity contribution is -0.124. The minimum Gasteiger partial charge on any atom is -0.494 e. The molecule has 1 aliphatic heterocycles. The van der Waals surface area contributed by atoms with Crippen LogP contribution >= 0.6 is 0 Å². The number of fused-ring (bicyclic) bond motifs is 1. The van der Waals surface area contributed by atoms with Gasteiger partial charge in [-0.15, -0.1) is 0 Å². The summed E-state index contributed by atoms with van der Waals surface area (Å²) in [6.45, 7) is 2.50. The van der Waals surface area contributed by atoms with Gasteiger partial charge in [0.2, 0.25) is 11.8 Å². The summed E-state index contributed by atoms with van der Waals surface area (Å²) in [7, 11) is 0. The SMILES string of the molecule is CCOc1ccc(NC(=O)c2ccc(N3C(=O)C4C5C=CC(CC5)C4C3=O)cc2)cc1. The van der Waals surface area contributed by atoms with E-state index < -0.39 is 0 Å². The number of nitrogens with zero attached hydrogens (tertiary/aromatic N) is 1. The van der Waals surface area contributed by atoms with Gasteiger partial charge in [0.25, 0.3) is 5.91 Å². The van der Waals surface area contributed by atoms with E-state index in [1.54, 1.807) is 48.5 Å². The second kappa shape index (κ2) is 7.69. The first-order chi connectivity index (χ1) is 15.1. The molecule has 3 aliphatic carbocycles. The second-order valence-electron chi connectivity index (χ2n) is 8.31. The van der Waals surface area contributed by atoms with E-state index in [2.05, 4.69) is 17.5 Å². The standard InChI is InChI=1S/C25H24N2O4/c1-2-31-20-13-9-18(10-14-20)26-23(28)17-7-11-19(12-8-17)27-24(29)21-15-3-4-16(6-5-15)22(21)25(27)30/h3-4,7-16,21-22H,2,5-6H2,1H3,(H,26,28). The molecule has 0 aromatic heterocycles. The average Bonchev–Trinajstić information content (AvgIpc) is 3.08. The number of carbonyl (C=O) groups excluding carboxylic acids is 3. The highest BCUT2D eigenvalue weighted by molar-refractivity contribution is 6.22. The van der Waals surface area contributed by atoms with Gasteiger partial charge in [-0.05, 0) is 80.1 Å². The third-order valence-electron chi connectivity index (χ3n) is 6.57. The van der Waals surface area contributed by atoms with Crippen molar-refractivity contribution >= 4 is 29.1 Å². The van der Waals surface area contributed by atoms with Crippen LogP contribution in [0, 0.1) is 23.7 Å². The Morgan fingerprint density at radius 1 is 0.935 bits per heavy atom. The molecule has 0 radical (unpaired) electrons. The number of nitrogens with one attached hydrogen (secondary N) is 1. The van der Waals surface area contributed by atoms with Crippen molar-refractivity contribution in [2.24, 2.45) is 23.7 Å². The maximum atomic E-state index is 13.1. The number of imide groups is 1. The number of rotatable bonds is 5. The van der Waals surface area contributed by atoms with E-state index in [1.165, 1.54) is 4.90 Å². The molecule has 158 valence electrons. The minimum absolute atomic E-state index is 0.111. The van der Waals surface area contributed by atoms with Crippen LogP contribution in [-0.2, 0) is 9.59 Å². The van der Waals surface area contributed by atoms with Gasteiger partial charge in [-0.3, -0.25) is 19.3 Å². The Morgan fingerprint density at radius 2 is 1.52 bits per heavy atom. The summed E-state index contributed by atoms with van der Waals surface area (Å²) in [6, 6.07) is 13.8. The lowest BCUT2D eigenvalue weighted by Gasteiger charge is -2.38. The minimum atomic E-state index is -0.259. The summed E-state index contributed by atoms with van der Waals surface area (Å²) >= 11 is 0. The van der Waals surface area contributed by atoms with Crippen molar-refractivity contribution < 1.29 is 19.1 Å². The lowest BCUT2D eigenvalue weighted by Crippen LogP contribution is -2.38. The zero-order valence-electron chi connectivity index (χ0n) is 17.3. The number of anilines is 2. The Morgan fingerprint density at radius 3 is 2.03 bits per heavy atom. The van der Waals surface area contributed by atoms with Crippen molar-refractivity contribution in [2.75, 3.05) is 16.8 Å². The van der Waals surface area contributed by atoms with Gasteiger partial charge >= 0.3 is 0 Å². The number of benzene rings is 2. The summed E-state index contributed by atoms with van der Waals surface area (Å²) in [5.41, 5.74) is 1.65. The normalized spacial score (nSPS) is 26.2. The van der Waals surface area contributed by atoms with Crippen molar-refractivity contribution in [1.82, 2.24) is 0 Å². The molecule has 6 nitrogen and oxygen atoms in total. The lowest BCUT2D eigenvalue weighted by atomic mass is 9.63. The van der Waals surface area contributed by atoms with E-state index in [9.17, 15) is 14.4 Å². The highest BCUT2D eigenvalue weighted by Gasteiger charge is 2.56. The van der Waals surface area contributed by atoms with Crippen LogP contribution in [-0.4, -0.2) is 24.3 Å². The Hall–Kier alpha value is -3.41. The fourth-order valence-corrected chi connectivity index (χ4v) is 5.09. The predicted octanol–water partition coefficient (Wildman–Crippen LogP) is 4.04. The summed E-state index contributed by atoms with van der Waals surface area (Å²) in [4.78, 5) is 40.0. The Labute approximate surface area is 180 Å². The van der Waals surface area contributed by atoms with E-state index in [4.69, 9.17) is 4.74 Å². The molecule has 2 aromatic carbocycles. The van der Waals surface area contributed by atoms with Crippen molar-refractivity contribution in [3.8, 4) is 5.75 Å². The molecular weight excluding hydrogens is 392 g/mol. The van der Waals surface area contributed by atoms with Gasteiger partial charge < -0.3 is 10.1 Å². The fourth-order valence-electron chi connectivity index (χ4n) is 5.09. The summed E-state index contributed by atoms with van der Waals surface area (Å²) in [5, 5.41) is 2.84. The van der Waals surface area contributed by atoms with E-state index in [0.29, 0.717) is 23.5 Å². The molecule has 3 amide bonds. The van der Waals surface area contributed by atoms with Gasteiger partial charge in [-0.1, -0.05) is 12.2 Å². The highest BCUT2D eigenvalue weighted by atomic mass is 16.5. The molecule has 1 heterocycles. The van der Waals surface area contributed by atoms with Crippen LogP contribution in [0.1, 0.15) is 30.1 Å². The quantitative estimate of drug-likeness (QED) is 0.590. The molecule has 4 aliphatic rings. The van der Waals surface area contributed by atoms with Crippen LogP contribution in [0.2, 0.25) is 0 Å². The van der Waals surface area contributed by atoms with Crippen molar-refractivity contribution in [3.63, 3.8) is 0 Å². The zero-order chi connectivity index (χ0) is 21.5. The first-order valence-electron chi connectivity index (χ1n) is 10.8. The Balaban J connectivity index is 1.30. The smallest absolute Gasteiger partial charge is 0.255 e. The molecule has 1 N–H and O–H groups in total. The van der Waals surface area contributed by atoms with Crippen molar-refractivity contribution in [1.29, 1.82) is 0 Å². The Kier molecular flexibility index (Phi) is 4.85. The van der Waals surface area contributed by atoms with Crippen molar-refractivity contribution in [3.05, 3.63) is 66.2 Å². The van der Waals surface area contributed by atoms with Crippen LogP contribution in [0.15, 0.2) is 60.7 Å². The largest absolute Gasteiger partial charge is 0.494 e. The van der Waals surface area contributed by atoms with Crippen LogP contribution in [0.25, 0.3) is 0 Å². The topological polar surface area (TPSA) is 75.7 Å². The molecule has 6 heteroatoms. The average molecular weight is 416 g/mol. The molecule has 0 spiro atoms. The Bertz CT molecular complexity index is 1030. The van der Waals surface area contributed by atoms with Gasteiger partial charge in [0.15, 0.2) is 0 Å². The number of hydrogen-bond acceptors (Lipinski definition) is 4. The first-order valence-corrected chi connectivity index (χ1v) is 10.8. The fraction of sp³-hybridized carbons (Fsp3) is 0.320. The molecule has 1 saturated carbocycles. The van der Waals surface area contributed by atoms with Crippen LogP contribution < -0.4 is 15.0 Å². The summed E-state index contributed by atoms with van der Waals surface area (Å²) in [5.74, 6) is 0.116. The predicted molar refractivity (Wildman–Crippen MR) is 117 cm³/mol.